The van der Waals surface area contributed by atoms with Crippen LogP contribution in [0.1, 0.15) is 57.4 Å². The maximum absolute atomic E-state index is 14.1. The van der Waals surface area contributed by atoms with Crippen LogP contribution in [0.2, 0.25) is 0 Å². The quantitative estimate of drug-likeness (QED) is 0.235. The molecule has 2 aliphatic carbocycles. The van der Waals surface area contributed by atoms with E-state index in [1.165, 1.54) is 11.3 Å². The van der Waals surface area contributed by atoms with E-state index in [1.54, 1.807) is 25.1 Å². The van der Waals surface area contributed by atoms with E-state index in [0.717, 1.165) is 46.5 Å². The first kappa shape index (κ1) is 31.2. The van der Waals surface area contributed by atoms with Gasteiger partial charge in [0, 0.05) is 54.5 Å². The van der Waals surface area contributed by atoms with Gasteiger partial charge in [-0.15, -0.1) is 11.3 Å². The number of carbonyl (C=O) groups is 3. The maximum Gasteiger partial charge on any atom is 0.313 e. The van der Waals surface area contributed by atoms with Gasteiger partial charge < -0.3 is 19.1 Å². The summed E-state index contributed by atoms with van der Waals surface area (Å²) in [5.74, 6) is -0.115. The van der Waals surface area contributed by atoms with Crippen LogP contribution < -0.4 is 9.47 Å². The first-order valence-corrected chi connectivity index (χ1v) is 16.8. The highest BCUT2D eigenvalue weighted by Gasteiger charge is 2.61. The van der Waals surface area contributed by atoms with Crippen LogP contribution in [0.5, 0.6) is 11.5 Å². The highest BCUT2D eigenvalue weighted by atomic mass is 32.1. The van der Waals surface area contributed by atoms with E-state index in [0.29, 0.717) is 37.3 Å². The number of carbonyl (C=O) groups excluding carboxylic acids is 3. The Morgan fingerprint density at radius 2 is 1.98 bits per heavy atom. The van der Waals surface area contributed by atoms with Gasteiger partial charge in [-0.25, -0.2) is 9.97 Å². The Morgan fingerprint density at radius 3 is 2.73 bits per heavy atom. The lowest BCUT2D eigenvalue weighted by Gasteiger charge is -2.25. The predicted octanol–water partition coefficient (Wildman–Crippen LogP) is 6.18. The van der Waals surface area contributed by atoms with E-state index in [1.807, 2.05) is 37.6 Å². The minimum atomic E-state index is -0.841. The van der Waals surface area contributed by atoms with Crippen molar-refractivity contribution in [1.29, 1.82) is 0 Å². The van der Waals surface area contributed by atoms with Crippen LogP contribution in [0.3, 0.4) is 0 Å². The number of hydrogen-bond acceptors (Lipinski definition) is 9. The molecule has 3 aliphatic rings. The van der Waals surface area contributed by atoms with Gasteiger partial charge in [0.25, 0.3) is 0 Å². The van der Waals surface area contributed by atoms with Crippen molar-refractivity contribution in [1.82, 2.24) is 14.9 Å². The summed E-state index contributed by atoms with van der Waals surface area (Å²) in [5.41, 5.74) is 1.50. The molecule has 1 aromatic carbocycles. The van der Waals surface area contributed by atoms with Gasteiger partial charge in [-0.3, -0.25) is 14.4 Å². The number of nitrogens with zero attached hydrogens (tertiary/aromatic N) is 3. The summed E-state index contributed by atoms with van der Waals surface area (Å²) < 4.78 is 17.8. The zero-order valence-corrected chi connectivity index (χ0v) is 27.2. The molecule has 0 N–H and O–H groups in total. The number of allylic oxidation sites excluding steroid dienone is 2. The molecule has 2 fully saturated rings. The summed E-state index contributed by atoms with van der Waals surface area (Å²) in [6.07, 6.45) is 9.77. The Labute approximate surface area is 268 Å². The molecule has 45 heavy (non-hydrogen) atoms. The van der Waals surface area contributed by atoms with Crippen LogP contribution >= 0.6 is 11.3 Å². The summed E-state index contributed by atoms with van der Waals surface area (Å²) in [4.78, 5) is 52.3. The van der Waals surface area contributed by atoms with Crippen LogP contribution in [0.4, 0.5) is 0 Å². The lowest BCUT2D eigenvalue weighted by molar-refractivity contribution is -0.152. The zero-order chi connectivity index (χ0) is 31.7. The number of ether oxygens (including phenoxy) is 3. The van der Waals surface area contributed by atoms with E-state index in [4.69, 9.17) is 19.2 Å². The van der Waals surface area contributed by atoms with Gasteiger partial charge in [0.2, 0.25) is 5.91 Å². The van der Waals surface area contributed by atoms with Crippen molar-refractivity contribution in [2.24, 2.45) is 23.2 Å². The molecule has 0 spiro atoms. The number of hydrogen-bond donors (Lipinski definition) is 0. The fourth-order valence-electron chi connectivity index (χ4n) is 7.13. The Hall–Kier alpha value is -3.79. The number of aryl methyl sites for hydroxylation is 1. The van der Waals surface area contributed by atoms with E-state index < -0.39 is 17.3 Å². The number of thiazole rings is 1. The Bertz CT molecular complexity index is 1620. The van der Waals surface area contributed by atoms with Gasteiger partial charge in [0.05, 0.1) is 30.6 Å². The molecule has 1 aliphatic heterocycles. The van der Waals surface area contributed by atoms with Gasteiger partial charge in [0.1, 0.15) is 34.1 Å². The van der Waals surface area contributed by atoms with Crippen LogP contribution in [0.15, 0.2) is 41.9 Å². The summed E-state index contributed by atoms with van der Waals surface area (Å²) in [6.45, 7) is 4.66. The molecule has 5 atom stereocenters. The SMILES string of the molecule is CCOC(=O)[C@]12CC(=O)[C@@H]3C[C@@H](Oc4cc(-c5nccs5)nc5c(C)c(OC)ccc45)C[C@H]3C(=O)N(C)CCCC/C=C\[C@@H]1C2. The average molecular weight is 632 g/mol. The molecule has 2 saturated carbocycles. The van der Waals surface area contributed by atoms with E-state index in [2.05, 4.69) is 17.1 Å². The number of pyridine rings is 1. The molecule has 238 valence electrons. The molecule has 9 nitrogen and oxygen atoms in total. The molecule has 2 aromatic heterocycles. The molecule has 0 saturated heterocycles. The van der Waals surface area contributed by atoms with E-state index in [9.17, 15) is 14.4 Å². The molecule has 3 heterocycles. The van der Waals surface area contributed by atoms with Crippen LogP contribution in [-0.4, -0.2) is 65.9 Å². The van der Waals surface area contributed by atoms with Gasteiger partial charge in [0.15, 0.2) is 0 Å². The van der Waals surface area contributed by atoms with E-state index >= 15 is 0 Å². The molecular formula is C35H41N3O6S. The number of benzene rings is 1. The second kappa shape index (κ2) is 12.9. The van der Waals surface area contributed by atoms with Gasteiger partial charge >= 0.3 is 5.97 Å². The third-order valence-corrected chi connectivity index (χ3v) is 10.5. The first-order chi connectivity index (χ1) is 21.8. The largest absolute Gasteiger partial charge is 0.496 e. The van der Waals surface area contributed by atoms with Crippen molar-refractivity contribution >= 4 is 39.9 Å². The minimum absolute atomic E-state index is 0.0126. The Balaban J connectivity index is 1.33. The molecule has 10 heteroatoms. The smallest absolute Gasteiger partial charge is 0.313 e. The summed E-state index contributed by atoms with van der Waals surface area (Å²) in [5, 5.41) is 3.51. The van der Waals surface area contributed by atoms with Crippen molar-refractivity contribution < 1.29 is 28.6 Å². The number of esters is 1. The monoisotopic (exact) mass is 631 g/mol. The normalized spacial score (nSPS) is 27.8. The Kier molecular flexibility index (Phi) is 8.95. The number of Topliss-reactive ketones (excluding diaryl/α,β-unsaturated/α-hetero) is 1. The van der Waals surface area contributed by atoms with E-state index in [-0.39, 0.29) is 42.7 Å². The zero-order valence-electron chi connectivity index (χ0n) is 26.4. The second-order valence-electron chi connectivity index (χ2n) is 12.6. The summed E-state index contributed by atoms with van der Waals surface area (Å²) in [7, 11) is 3.46. The molecular weight excluding hydrogens is 590 g/mol. The highest BCUT2D eigenvalue weighted by molar-refractivity contribution is 7.13. The maximum atomic E-state index is 14.1. The number of amides is 1. The molecule has 0 unspecified atom stereocenters. The third kappa shape index (κ3) is 6.09. The fraction of sp³-hybridized carbons (Fsp3) is 0.514. The number of rotatable bonds is 6. The number of ketones is 1. The van der Waals surface area contributed by atoms with Crippen molar-refractivity contribution in [2.75, 3.05) is 27.3 Å². The van der Waals surface area contributed by atoms with Crippen LogP contribution in [0.25, 0.3) is 21.6 Å². The van der Waals surface area contributed by atoms with Gasteiger partial charge in [-0.05, 0) is 70.4 Å². The predicted molar refractivity (Wildman–Crippen MR) is 172 cm³/mol. The molecule has 0 radical (unpaired) electrons. The van der Waals surface area contributed by atoms with Crippen molar-refractivity contribution in [3.63, 3.8) is 0 Å². The lowest BCUT2D eigenvalue weighted by atomic mass is 9.84. The standard InChI is InChI=1S/C35H41N3O6S/c1-5-43-34(41)35-19-22(35)10-8-6-7-9-14-38(3)33(40)26-17-23(16-25(26)28(39)20-35)44-30-18-27(32-36-13-15-45-32)37-31-21(2)29(42-4)12-11-24(30)31/h8,10-13,15,18,22-23,25-26H,5-7,9,14,16-17,19-20H2,1-4H3/b10-8-/t22-,23-,25-,26-,35-/m1/s1. The average Bonchev–Trinajstić information content (AvgIpc) is 3.35. The van der Waals surface area contributed by atoms with Crippen molar-refractivity contribution in [3.05, 3.63) is 47.5 Å². The van der Waals surface area contributed by atoms with Crippen molar-refractivity contribution in [2.45, 2.75) is 64.9 Å². The van der Waals surface area contributed by atoms with Gasteiger partial charge in [-0.1, -0.05) is 12.2 Å². The summed E-state index contributed by atoms with van der Waals surface area (Å²) in [6, 6.07) is 5.74. The number of fused-ring (bicyclic) bond motifs is 3. The number of aromatic nitrogens is 2. The van der Waals surface area contributed by atoms with Gasteiger partial charge in [-0.2, -0.15) is 0 Å². The minimum Gasteiger partial charge on any atom is -0.496 e. The number of methoxy groups -OCH3 is 1. The fourth-order valence-corrected chi connectivity index (χ4v) is 7.73. The molecule has 6 rings (SSSR count). The van der Waals surface area contributed by atoms with Crippen LogP contribution in [-0.2, 0) is 19.1 Å². The molecule has 3 aromatic rings. The summed E-state index contributed by atoms with van der Waals surface area (Å²) >= 11 is 1.50. The lowest BCUT2D eigenvalue weighted by Crippen LogP contribution is -2.38. The topological polar surface area (TPSA) is 108 Å². The Morgan fingerprint density at radius 1 is 1.16 bits per heavy atom. The van der Waals surface area contributed by atoms with Crippen LogP contribution in [0, 0.1) is 30.1 Å². The first-order valence-electron chi connectivity index (χ1n) is 15.9. The third-order valence-electron chi connectivity index (χ3n) is 9.73. The molecule has 1 amide bonds. The second-order valence-corrected chi connectivity index (χ2v) is 13.5. The highest BCUT2D eigenvalue weighted by Crippen LogP contribution is 2.58. The molecule has 0 bridgehead atoms. The van der Waals surface area contributed by atoms with Crippen molar-refractivity contribution in [3.8, 4) is 22.2 Å².